The SMILES string of the molecule is CC(C)(CCCO)CNC(=O)c1ccc(O)cc1O. The predicted octanol–water partition coefficient (Wildman–Crippen LogP) is 1.63. The maximum absolute atomic E-state index is 11.9. The number of phenols is 2. The summed E-state index contributed by atoms with van der Waals surface area (Å²) in [5.74, 6) is -0.711. The Kier molecular flexibility index (Phi) is 5.18. The number of amides is 1. The number of aliphatic hydroxyl groups is 1. The highest BCUT2D eigenvalue weighted by Gasteiger charge is 2.19. The van der Waals surface area contributed by atoms with Crippen molar-refractivity contribution in [2.75, 3.05) is 13.2 Å². The average Bonchev–Trinajstić information content (AvgIpc) is 2.34. The first-order valence-electron chi connectivity index (χ1n) is 6.27. The number of benzene rings is 1. The van der Waals surface area contributed by atoms with Crippen molar-refractivity contribution >= 4 is 5.91 Å². The molecular weight excluding hydrogens is 246 g/mol. The number of hydrogen-bond acceptors (Lipinski definition) is 4. The van der Waals surface area contributed by atoms with Crippen LogP contribution in [0.5, 0.6) is 11.5 Å². The monoisotopic (exact) mass is 267 g/mol. The molecule has 0 unspecified atom stereocenters. The second-order valence-electron chi connectivity index (χ2n) is 5.38. The van der Waals surface area contributed by atoms with E-state index in [4.69, 9.17) is 10.2 Å². The third-order valence-electron chi connectivity index (χ3n) is 2.97. The fourth-order valence-corrected chi connectivity index (χ4v) is 1.77. The minimum atomic E-state index is -0.380. The van der Waals surface area contributed by atoms with Crippen LogP contribution in [0.1, 0.15) is 37.0 Å². The molecule has 0 fully saturated rings. The lowest BCUT2D eigenvalue weighted by molar-refractivity contribution is 0.0930. The molecule has 0 spiro atoms. The van der Waals surface area contributed by atoms with Gasteiger partial charge in [0.05, 0.1) is 5.56 Å². The summed E-state index contributed by atoms with van der Waals surface area (Å²) in [5.41, 5.74) is 0.0149. The van der Waals surface area contributed by atoms with Crippen molar-refractivity contribution < 1.29 is 20.1 Å². The topological polar surface area (TPSA) is 89.8 Å². The lowest BCUT2D eigenvalue weighted by Crippen LogP contribution is -2.34. The van der Waals surface area contributed by atoms with E-state index in [1.165, 1.54) is 12.1 Å². The van der Waals surface area contributed by atoms with E-state index in [9.17, 15) is 9.90 Å². The van der Waals surface area contributed by atoms with Crippen molar-refractivity contribution in [1.29, 1.82) is 0 Å². The van der Waals surface area contributed by atoms with Gasteiger partial charge in [-0.15, -0.1) is 0 Å². The van der Waals surface area contributed by atoms with Crippen LogP contribution in [0.15, 0.2) is 18.2 Å². The molecule has 0 aliphatic carbocycles. The molecule has 19 heavy (non-hydrogen) atoms. The minimum Gasteiger partial charge on any atom is -0.508 e. The minimum absolute atomic E-state index is 0.0858. The molecule has 0 aliphatic rings. The molecule has 1 aromatic rings. The van der Waals surface area contributed by atoms with Gasteiger partial charge in [0.2, 0.25) is 0 Å². The van der Waals surface area contributed by atoms with Crippen molar-refractivity contribution in [2.45, 2.75) is 26.7 Å². The molecule has 0 saturated heterocycles. The summed E-state index contributed by atoms with van der Waals surface area (Å²) in [6.07, 6.45) is 1.48. The van der Waals surface area contributed by atoms with Gasteiger partial charge in [-0.25, -0.2) is 0 Å². The molecule has 0 aromatic heterocycles. The van der Waals surface area contributed by atoms with Crippen LogP contribution >= 0.6 is 0 Å². The maximum Gasteiger partial charge on any atom is 0.255 e. The van der Waals surface area contributed by atoms with Gasteiger partial charge >= 0.3 is 0 Å². The highest BCUT2D eigenvalue weighted by molar-refractivity contribution is 5.97. The number of rotatable bonds is 6. The molecule has 5 heteroatoms. The highest BCUT2D eigenvalue weighted by atomic mass is 16.3. The zero-order valence-corrected chi connectivity index (χ0v) is 11.3. The average molecular weight is 267 g/mol. The normalized spacial score (nSPS) is 11.3. The summed E-state index contributed by atoms with van der Waals surface area (Å²) in [6.45, 7) is 4.58. The number of carbonyl (C=O) groups is 1. The number of nitrogens with one attached hydrogen (secondary N) is 1. The van der Waals surface area contributed by atoms with Gasteiger partial charge in [-0.1, -0.05) is 13.8 Å². The van der Waals surface area contributed by atoms with Crippen molar-refractivity contribution in [3.63, 3.8) is 0 Å². The first-order chi connectivity index (χ1) is 8.85. The van der Waals surface area contributed by atoms with Crippen molar-refractivity contribution in [1.82, 2.24) is 5.32 Å². The zero-order chi connectivity index (χ0) is 14.5. The fraction of sp³-hybridized carbons (Fsp3) is 0.500. The van der Waals surface area contributed by atoms with E-state index < -0.39 is 0 Å². The molecule has 0 heterocycles. The van der Waals surface area contributed by atoms with Crippen LogP contribution in [0.2, 0.25) is 0 Å². The van der Waals surface area contributed by atoms with E-state index in [0.29, 0.717) is 13.0 Å². The van der Waals surface area contributed by atoms with E-state index in [1.807, 2.05) is 13.8 Å². The predicted molar refractivity (Wildman–Crippen MR) is 72.2 cm³/mol. The van der Waals surface area contributed by atoms with Crippen molar-refractivity contribution in [3.8, 4) is 11.5 Å². The smallest absolute Gasteiger partial charge is 0.255 e. The summed E-state index contributed by atoms with van der Waals surface area (Å²) in [6, 6.07) is 3.86. The number of aliphatic hydroxyl groups excluding tert-OH is 1. The molecule has 4 N–H and O–H groups in total. The summed E-state index contributed by atoms with van der Waals surface area (Å²) in [4.78, 5) is 11.9. The number of phenolic OH excluding ortho intramolecular Hbond substituents is 2. The molecule has 0 saturated carbocycles. The molecule has 1 amide bonds. The standard InChI is InChI=1S/C14H21NO4/c1-14(2,6-3-7-16)9-15-13(19)11-5-4-10(17)8-12(11)18/h4-5,8,16-18H,3,6-7,9H2,1-2H3,(H,15,19). The van der Waals surface area contributed by atoms with Crippen molar-refractivity contribution in [2.24, 2.45) is 5.41 Å². The van der Waals surface area contributed by atoms with Crippen LogP contribution in [0.4, 0.5) is 0 Å². The molecule has 106 valence electrons. The first kappa shape index (κ1) is 15.3. The Morgan fingerprint density at radius 1 is 1.32 bits per heavy atom. The molecule has 1 aromatic carbocycles. The molecule has 0 bridgehead atoms. The Morgan fingerprint density at radius 2 is 2.00 bits per heavy atom. The van der Waals surface area contributed by atoms with Crippen LogP contribution in [-0.2, 0) is 0 Å². The highest BCUT2D eigenvalue weighted by Crippen LogP contribution is 2.24. The van der Waals surface area contributed by atoms with Gasteiger partial charge in [0.1, 0.15) is 11.5 Å². The summed E-state index contributed by atoms with van der Waals surface area (Å²) < 4.78 is 0. The quantitative estimate of drug-likeness (QED) is 0.630. The zero-order valence-electron chi connectivity index (χ0n) is 11.3. The van der Waals surface area contributed by atoms with E-state index in [2.05, 4.69) is 5.32 Å². The van der Waals surface area contributed by atoms with Gasteiger partial charge in [-0.05, 0) is 30.4 Å². The summed E-state index contributed by atoms with van der Waals surface area (Å²) in [5, 5.41) is 30.3. The Labute approximate surface area is 112 Å². The number of aromatic hydroxyl groups is 2. The number of carbonyl (C=O) groups excluding carboxylic acids is 1. The summed E-state index contributed by atoms with van der Waals surface area (Å²) >= 11 is 0. The lowest BCUT2D eigenvalue weighted by atomic mass is 9.88. The molecule has 1 rings (SSSR count). The molecule has 0 atom stereocenters. The van der Waals surface area contributed by atoms with E-state index in [-0.39, 0.29) is 35.0 Å². The van der Waals surface area contributed by atoms with Gasteiger partial charge in [-0.3, -0.25) is 4.79 Å². The lowest BCUT2D eigenvalue weighted by Gasteiger charge is -2.24. The van der Waals surface area contributed by atoms with Crippen LogP contribution in [0.3, 0.4) is 0 Å². The molecule has 5 nitrogen and oxygen atoms in total. The Bertz CT molecular complexity index is 443. The fourth-order valence-electron chi connectivity index (χ4n) is 1.77. The van der Waals surface area contributed by atoms with E-state index in [0.717, 1.165) is 12.5 Å². The summed E-state index contributed by atoms with van der Waals surface area (Å²) in [7, 11) is 0. The second kappa shape index (κ2) is 6.43. The van der Waals surface area contributed by atoms with E-state index in [1.54, 1.807) is 0 Å². The van der Waals surface area contributed by atoms with Crippen LogP contribution in [0.25, 0.3) is 0 Å². The molecule has 0 radical (unpaired) electrons. The van der Waals surface area contributed by atoms with E-state index >= 15 is 0 Å². The largest absolute Gasteiger partial charge is 0.508 e. The van der Waals surface area contributed by atoms with Gasteiger partial charge in [0.15, 0.2) is 0 Å². The number of hydrogen-bond donors (Lipinski definition) is 4. The Morgan fingerprint density at radius 3 is 2.58 bits per heavy atom. The Hall–Kier alpha value is -1.75. The van der Waals surface area contributed by atoms with Gasteiger partial charge in [0.25, 0.3) is 5.91 Å². The van der Waals surface area contributed by atoms with Gasteiger partial charge < -0.3 is 20.6 Å². The van der Waals surface area contributed by atoms with Crippen molar-refractivity contribution in [3.05, 3.63) is 23.8 Å². The van der Waals surface area contributed by atoms with Gasteiger partial charge in [0, 0.05) is 19.2 Å². The Balaban J connectivity index is 2.60. The van der Waals surface area contributed by atoms with Crippen LogP contribution in [0, 0.1) is 5.41 Å². The van der Waals surface area contributed by atoms with Crippen LogP contribution in [-0.4, -0.2) is 34.4 Å². The first-order valence-corrected chi connectivity index (χ1v) is 6.27. The molecular formula is C14H21NO4. The third-order valence-corrected chi connectivity index (χ3v) is 2.97. The van der Waals surface area contributed by atoms with Gasteiger partial charge in [-0.2, -0.15) is 0 Å². The third kappa shape index (κ3) is 4.79. The van der Waals surface area contributed by atoms with Crippen LogP contribution < -0.4 is 5.32 Å². The molecule has 0 aliphatic heterocycles. The maximum atomic E-state index is 11.9. The second-order valence-corrected chi connectivity index (χ2v) is 5.38.